The van der Waals surface area contributed by atoms with Crippen molar-refractivity contribution in [2.45, 2.75) is 45.1 Å². The molecule has 0 bridgehead atoms. The SMILES string of the molecule is CC.CC.NC(CCN1CCOCC1)CSc1ccccc1. The lowest BCUT2D eigenvalue weighted by Crippen LogP contribution is -2.39. The fourth-order valence-corrected chi connectivity index (χ4v) is 2.90. The van der Waals surface area contributed by atoms with Gasteiger partial charge in [-0.2, -0.15) is 0 Å². The Labute approximate surface area is 141 Å². The van der Waals surface area contributed by atoms with E-state index >= 15 is 0 Å². The van der Waals surface area contributed by atoms with Crippen molar-refractivity contribution in [2.75, 3.05) is 38.6 Å². The van der Waals surface area contributed by atoms with Crippen molar-refractivity contribution in [1.82, 2.24) is 4.90 Å². The number of nitrogens with zero attached hydrogens (tertiary/aromatic N) is 1. The molecule has 0 radical (unpaired) electrons. The number of morpholine rings is 1. The molecule has 1 aliphatic heterocycles. The van der Waals surface area contributed by atoms with Gasteiger partial charge in [0.25, 0.3) is 0 Å². The van der Waals surface area contributed by atoms with Crippen LogP contribution >= 0.6 is 11.8 Å². The Balaban J connectivity index is 0.00000102. The molecule has 1 heterocycles. The second-order valence-electron chi connectivity index (χ2n) is 4.63. The third kappa shape index (κ3) is 10.2. The molecule has 1 saturated heterocycles. The molecule has 0 aliphatic carbocycles. The van der Waals surface area contributed by atoms with Crippen LogP contribution < -0.4 is 5.73 Å². The van der Waals surface area contributed by atoms with Crippen LogP contribution in [0.4, 0.5) is 0 Å². The highest BCUT2D eigenvalue weighted by Gasteiger charge is 2.11. The average Bonchev–Trinajstić information content (AvgIpc) is 2.63. The van der Waals surface area contributed by atoms with Gasteiger partial charge in [-0.3, -0.25) is 4.90 Å². The van der Waals surface area contributed by atoms with Crippen LogP contribution in [0.2, 0.25) is 0 Å². The van der Waals surface area contributed by atoms with Crippen molar-refractivity contribution >= 4 is 11.8 Å². The number of benzene rings is 1. The van der Waals surface area contributed by atoms with Crippen LogP contribution in [-0.4, -0.2) is 49.5 Å². The summed E-state index contributed by atoms with van der Waals surface area (Å²) in [4.78, 5) is 3.75. The van der Waals surface area contributed by atoms with E-state index in [1.807, 2.05) is 45.5 Å². The topological polar surface area (TPSA) is 38.5 Å². The van der Waals surface area contributed by atoms with Gasteiger partial charge in [0.05, 0.1) is 13.2 Å². The van der Waals surface area contributed by atoms with E-state index in [0.29, 0.717) is 0 Å². The van der Waals surface area contributed by atoms with Crippen molar-refractivity contribution in [3.05, 3.63) is 30.3 Å². The van der Waals surface area contributed by atoms with Crippen molar-refractivity contribution in [2.24, 2.45) is 5.73 Å². The third-order valence-electron chi connectivity index (χ3n) is 3.13. The van der Waals surface area contributed by atoms with E-state index in [9.17, 15) is 0 Å². The lowest BCUT2D eigenvalue weighted by Gasteiger charge is -2.27. The van der Waals surface area contributed by atoms with E-state index in [0.717, 1.165) is 45.0 Å². The molecule has 2 rings (SSSR count). The molecule has 1 unspecified atom stereocenters. The van der Waals surface area contributed by atoms with E-state index in [2.05, 4.69) is 29.2 Å². The molecule has 0 spiro atoms. The molecule has 0 saturated carbocycles. The van der Waals surface area contributed by atoms with Gasteiger partial charge in [-0.25, -0.2) is 0 Å². The van der Waals surface area contributed by atoms with Gasteiger partial charge in [-0.05, 0) is 25.1 Å². The Morgan fingerprint density at radius 1 is 1.09 bits per heavy atom. The normalized spacial score (nSPS) is 15.9. The Bertz CT molecular complexity index is 329. The van der Waals surface area contributed by atoms with Gasteiger partial charge >= 0.3 is 0 Å². The molecular formula is C18H34N2OS. The zero-order chi connectivity index (χ0) is 16.6. The van der Waals surface area contributed by atoms with Gasteiger partial charge in [0.2, 0.25) is 0 Å². The van der Waals surface area contributed by atoms with Crippen LogP contribution in [0, 0.1) is 0 Å². The van der Waals surface area contributed by atoms with Gasteiger partial charge in [0.1, 0.15) is 0 Å². The maximum atomic E-state index is 6.16. The predicted molar refractivity (Wildman–Crippen MR) is 99.7 cm³/mol. The van der Waals surface area contributed by atoms with Crippen LogP contribution in [0.25, 0.3) is 0 Å². The van der Waals surface area contributed by atoms with E-state index in [1.165, 1.54) is 4.90 Å². The lowest BCUT2D eigenvalue weighted by atomic mass is 10.2. The maximum Gasteiger partial charge on any atom is 0.0594 e. The molecule has 4 heteroatoms. The van der Waals surface area contributed by atoms with Gasteiger partial charge < -0.3 is 10.5 Å². The summed E-state index contributed by atoms with van der Waals surface area (Å²) in [5.74, 6) is 0.994. The standard InChI is InChI=1S/C14H22N2OS.2C2H6/c15-13(6-7-16-8-10-17-11-9-16)12-18-14-4-2-1-3-5-14;2*1-2/h1-5,13H,6-12,15H2;2*1-2H3. The Kier molecular flexibility index (Phi) is 15.0. The molecule has 128 valence electrons. The summed E-state index contributed by atoms with van der Waals surface area (Å²) < 4.78 is 5.33. The van der Waals surface area contributed by atoms with E-state index < -0.39 is 0 Å². The highest BCUT2D eigenvalue weighted by molar-refractivity contribution is 7.99. The highest BCUT2D eigenvalue weighted by Crippen LogP contribution is 2.18. The second-order valence-corrected chi connectivity index (χ2v) is 5.72. The molecule has 2 N–H and O–H groups in total. The Hall–Kier alpha value is -0.550. The largest absolute Gasteiger partial charge is 0.379 e. The number of ether oxygens (including phenoxy) is 1. The van der Waals surface area contributed by atoms with Crippen molar-refractivity contribution in [3.8, 4) is 0 Å². The summed E-state index contributed by atoms with van der Waals surface area (Å²) in [5.41, 5.74) is 6.16. The first-order valence-corrected chi connectivity index (χ1v) is 9.56. The first kappa shape index (κ1) is 21.4. The fourth-order valence-electron chi connectivity index (χ4n) is 1.98. The van der Waals surface area contributed by atoms with Crippen LogP contribution in [0.5, 0.6) is 0 Å². The smallest absolute Gasteiger partial charge is 0.0594 e. The fraction of sp³-hybridized carbons (Fsp3) is 0.667. The minimum atomic E-state index is 0.276. The molecule has 0 amide bonds. The maximum absolute atomic E-state index is 6.16. The summed E-state index contributed by atoms with van der Waals surface area (Å²) in [6.07, 6.45) is 1.07. The highest BCUT2D eigenvalue weighted by atomic mass is 32.2. The number of hydrogen-bond donors (Lipinski definition) is 1. The average molecular weight is 327 g/mol. The summed E-state index contributed by atoms with van der Waals surface area (Å²) in [6, 6.07) is 10.7. The molecule has 3 nitrogen and oxygen atoms in total. The van der Waals surface area contributed by atoms with Gasteiger partial charge in [-0.1, -0.05) is 45.9 Å². The minimum Gasteiger partial charge on any atom is -0.379 e. The molecular weight excluding hydrogens is 292 g/mol. The number of thioether (sulfide) groups is 1. The van der Waals surface area contributed by atoms with Gasteiger partial charge in [0, 0.05) is 29.8 Å². The summed E-state index contributed by atoms with van der Waals surface area (Å²) >= 11 is 1.85. The van der Waals surface area contributed by atoms with Crippen LogP contribution in [0.3, 0.4) is 0 Å². The molecule has 1 atom stereocenters. The molecule has 22 heavy (non-hydrogen) atoms. The Morgan fingerprint density at radius 2 is 1.68 bits per heavy atom. The van der Waals surface area contributed by atoms with Crippen molar-refractivity contribution in [3.63, 3.8) is 0 Å². The third-order valence-corrected chi connectivity index (χ3v) is 4.33. The van der Waals surface area contributed by atoms with Gasteiger partial charge in [0.15, 0.2) is 0 Å². The molecule has 1 aromatic rings. The first-order chi connectivity index (χ1) is 10.8. The quantitative estimate of drug-likeness (QED) is 0.805. The monoisotopic (exact) mass is 326 g/mol. The summed E-state index contributed by atoms with van der Waals surface area (Å²) in [7, 11) is 0. The minimum absolute atomic E-state index is 0.276. The first-order valence-electron chi connectivity index (χ1n) is 8.58. The van der Waals surface area contributed by atoms with Crippen LogP contribution in [-0.2, 0) is 4.74 Å². The van der Waals surface area contributed by atoms with E-state index in [4.69, 9.17) is 10.5 Å². The zero-order valence-corrected chi connectivity index (χ0v) is 15.6. The number of hydrogen-bond acceptors (Lipinski definition) is 4. The van der Waals surface area contributed by atoms with Crippen LogP contribution in [0.15, 0.2) is 35.2 Å². The van der Waals surface area contributed by atoms with Crippen LogP contribution in [0.1, 0.15) is 34.1 Å². The van der Waals surface area contributed by atoms with Crippen molar-refractivity contribution < 1.29 is 4.74 Å². The molecule has 1 aromatic carbocycles. The molecule has 1 fully saturated rings. The zero-order valence-electron chi connectivity index (χ0n) is 14.8. The van der Waals surface area contributed by atoms with Crippen molar-refractivity contribution in [1.29, 1.82) is 0 Å². The lowest BCUT2D eigenvalue weighted by molar-refractivity contribution is 0.0369. The van der Waals surface area contributed by atoms with E-state index in [1.54, 1.807) is 0 Å². The Morgan fingerprint density at radius 3 is 2.27 bits per heavy atom. The van der Waals surface area contributed by atoms with Gasteiger partial charge in [-0.15, -0.1) is 11.8 Å². The number of rotatable bonds is 6. The summed E-state index contributed by atoms with van der Waals surface area (Å²) in [6.45, 7) is 12.9. The molecule has 1 aliphatic rings. The van der Waals surface area contributed by atoms with E-state index in [-0.39, 0.29) is 6.04 Å². The number of nitrogens with two attached hydrogens (primary N) is 1. The molecule has 0 aromatic heterocycles. The predicted octanol–water partition coefficient (Wildman–Crippen LogP) is 3.88. The summed E-state index contributed by atoms with van der Waals surface area (Å²) in [5, 5.41) is 0. The second kappa shape index (κ2) is 15.3.